The minimum absolute atomic E-state index is 0.0276. The highest BCUT2D eigenvalue weighted by atomic mass is 32.2. The van der Waals surface area contributed by atoms with Crippen LogP contribution < -0.4 is 0 Å². The Kier molecular flexibility index (Phi) is 7.47. The summed E-state index contributed by atoms with van der Waals surface area (Å²) in [6.07, 6.45) is 0. The van der Waals surface area contributed by atoms with Crippen molar-refractivity contribution in [2.24, 2.45) is 0 Å². The zero-order valence-corrected chi connectivity index (χ0v) is 15.5. The zero-order chi connectivity index (χ0) is 17.7. The Morgan fingerprint density at radius 2 is 1.61 bits per heavy atom. The van der Waals surface area contributed by atoms with Crippen molar-refractivity contribution in [3.8, 4) is 0 Å². The molecule has 0 unspecified atom stereocenters. The van der Waals surface area contributed by atoms with Gasteiger partial charge in [0.15, 0.2) is 0 Å². The molecule has 7 heteroatoms. The molecular weight excluding hydrogens is 318 g/mol. The van der Waals surface area contributed by atoms with E-state index in [1.807, 2.05) is 33.8 Å². The van der Waals surface area contributed by atoms with E-state index in [9.17, 15) is 10.1 Å². The third kappa shape index (κ3) is 4.67. The lowest BCUT2D eigenvalue weighted by atomic mass is 9.87. The maximum atomic E-state index is 11.7. The molecule has 130 valence electrons. The predicted octanol–water partition coefficient (Wildman–Crippen LogP) is 5.48. The van der Waals surface area contributed by atoms with Gasteiger partial charge in [-0.25, -0.2) is 4.89 Å². The summed E-state index contributed by atoms with van der Waals surface area (Å²) in [7, 11) is 1.33. The van der Waals surface area contributed by atoms with Gasteiger partial charge >= 0.3 is 0 Å². The molecule has 0 saturated carbocycles. The molecule has 0 saturated heterocycles. The zero-order valence-electron chi connectivity index (χ0n) is 14.7. The van der Waals surface area contributed by atoms with Crippen molar-refractivity contribution in [3.05, 3.63) is 32.9 Å². The Labute approximate surface area is 141 Å². The van der Waals surface area contributed by atoms with Crippen molar-refractivity contribution in [2.45, 2.75) is 64.2 Å². The van der Waals surface area contributed by atoms with Crippen LogP contribution in [0.1, 0.15) is 76.0 Å². The van der Waals surface area contributed by atoms with Crippen LogP contribution in [0.5, 0.6) is 0 Å². The van der Waals surface area contributed by atoms with Gasteiger partial charge in [0, 0.05) is 11.1 Å². The van der Waals surface area contributed by atoms with Gasteiger partial charge in [0.1, 0.15) is 0 Å². The summed E-state index contributed by atoms with van der Waals surface area (Å²) in [5, 5.41) is 16.2. The number of rotatable bonds is 8. The van der Waals surface area contributed by atoms with Crippen LogP contribution in [-0.2, 0) is 14.3 Å². The first-order valence-electron chi connectivity index (χ1n) is 7.61. The molecule has 0 aliphatic heterocycles. The van der Waals surface area contributed by atoms with Gasteiger partial charge in [-0.15, -0.1) is 4.33 Å². The van der Waals surface area contributed by atoms with Crippen LogP contribution in [0.4, 0.5) is 5.69 Å². The third-order valence-corrected chi connectivity index (χ3v) is 4.31. The normalized spacial score (nSPS) is 11.7. The summed E-state index contributed by atoms with van der Waals surface area (Å²) in [4.78, 5) is 16.6. The third-order valence-electron chi connectivity index (χ3n) is 3.56. The Bertz CT molecular complexity index is 558. The molecule has 0 fully saturated rings. The fourth-order valence-corrected chi connectivity index (χ4v) is 3.46. The number of hydrogen-bond donors (Lipinski definition) is 0. The van der Waals surface area contributed by atoms with Crippen LogP contribution >= 0.6 is 12.0 Å². The van der Waals surface area contributed by atoms with E-state index >= 15 is 0 Å². The van der Waals surface area contributed by atoms with Crippen LogP contribution in [0, 0.1) is 10.1 Å². The van der Waals surface area contributed by atoms with Gasteiger partial charge in [-0.05, 0) is 29.4 Å². The molecule has 0 aromatic heterocycles. The summed E-state index contributed by atoms with van der Waals surface area (Å²) in [5.74, 6) is 0.222. The van der Waals surface area contributed by atoms with E-state index in [0.29, 0.717) is 5.56 Å². The predicted molar refractivity (Wildman–Crippen MR) is 90.4 cm³/mol. The van der Waals surface area contributed by atoms with Gasteiger partial charge in [0.05, 0.1) is 29.0 Å². The Morgan fingerprint density at radius 1 is 1.04 bits per heavy atom. The first kappa shape index (κ1) is 19.9. The summed E-state index contributed by atoms with van der Waals surface area (Å²) in [5.41, 5.74) is 2.60. The number of nitro benzene ring substituents is 1. The van der Waals surface area contributed by atoms with E-state index < -0.39 is 0 Å². The maximum absolute atomic E-state index is 11.7. The first-order chi connectivity index (χ1) is 10.7. The lowest BCUT2D eigenvalue weighted by Crippen LogP contribution is -2.09. The fraction of sp³-hybridized carbons (Fsp3) is 0.625. The van der Waals surface area contributed by atoms with Gasteiger partial charge in [-0.1, -0.05) is 46.6 Å². The van der Waals surface area contributed by atoms with Crippen molar-refractivity contribution >= 4 is 17.7 Å². The Hall–Kier alpha value is -1.15. The summed E-state index contributed by atoms with van der Waals surface area (Å²) >= 11 is 0.955. The van der Waals surface area contributed by atoms with E-state index in [0.717, 1.165) is 28.1 Å². The van der Waals surface area contributed by atoms with Crippen molar-refractivity contribution in [1.29, 1.82) is 0 Å². The van der Waals surface area contributed by atoms with E-state index in [2.05, 4.69) is 23.8 Å². The van der Waals surface area contributed by atoms with Crippen molar-refractivity contribution in [3.63, 3.8) is 0 Å². The minimum atomic E-state index is -0.296. The van der Waals surface area contributed by atoms with Crippen LogP contribution in [0.3, 0.4) is 0 Å². The van der Waals surface area contributed by atoms with Gasteiger partial charge in [0.2, 0.25) is 0 Å². The highest BCUT2D eigenvalue weighted by molar-refractivity contribution is 7.94. The van der Waals surface area contributed by atoms with Gasteiger partial charge in [-0.3, -0.25) is 10.1 Å². The van der Waals surface area contributed by atoms with Crippen molar-refractivity contribution < 1.29 is 19.2 Å². The molecule has 0 amide bonds. The van der Waals surface area contributed by atoms with Crippen LogP contribution in [0.15, 0.2) is 11.0 Å². The van der Waals surface area contributed by atoms with Crippen molar-refractivity contribution in [2.75, 3.05) is 7.11 Å². The van der Waals surface area contributed by atoms with Gasteiger partial charge < -0.3 is 0 Å². The average molecular weight is 343 g/mol. The number of nitro groups is 1. The summed E-state index contributed by atoms with van der Waals surface area (Å²) in [6, 6.07) is 1.91. The van der Waals surface area contributed by atoms with Crippen LogP contribution in [0.2, 0.25) is 0 Å². The summed E-state index contributed by atoms with van der Waals surface area (Å²) in [6.45, 7) is 11.9. The van der Waals surface area contributed by atoms with Crippen LogP contribution in [-0.4, -0.2) is 12.0 Å². The largest absolute Gasteiger partial charge is 0.277 e. The van der Waals surface area contributed by atoms with Gasteiger partial charge in [-0.2, -0.15) is 0 Å². The molecule has 0 aliphatic rings. The fourth-order valence-electron chi connectivity index (χ4n) is 2.50. The summed E-state index contributed by atoms with van der Waals surface area (Å²) < 4.78 is 4.96. The molecule has 0 aliphatic carbocycles. The molecule has 0 heterocycles. The monoisotopic (exact) mass is 343 g/mol. The topological polar surface area (TPSA) is 70.8 Å². The molecule has 0 N–H and O–H groups in total. The van der Waals surface area contributed by atoms with E-state index in [4.69, 9.17) is 4.33 Å². The quantitative estimate of drug-likeness (QED) is 0.204. The van der Waals surface area contributed by atoms with E-state index in [1.54, 1.807) is 0 Å². The molecule has 0 bridgehead atoms. The van der Waals surface area contributed by atoms with Gasteiger partial charge in [0.25, 0.3) is 5.69 Å². The number of benzene rings is 1. The number of hydrogen-bond acceptors (Lipinski definition) is 6. The highest BCUT2D eigenvalue weighted by Crippen LogP contribution is 2.45. The second kappa shape index (κ2) is 8.63. The molecule has 0 radical (unpaired) electrons. The molecule has 1 aromatic rings. The van der Waals surface area contributed by atoms with Crippen molar-refractivity contribution in [1.82, 2.24) is 0 Å². The second-order valence-corrected chi connectivity index (χ2v) is 6.96. The van der Waals surface area contributed by atoms with E-state index in [-0.39, 0.29) is 28.4 Å². The molecule has 1 rings (SSSR count). The minimum Gasteiger partial charge on any atom is -0.258 e. The molecule has 0 spiro atoms. The second-order valence-electron chi connectivity index (χ2n) is 6.25. The molecular formula is C16H25NO5S. The molecule has 0 atom stereocenters. The lowest BCUT2D eigenvalue weighted by Gasteiger charge is -2.21. The smallest absolute Gasteiger partial charge is 0.258 e. The number of nitrogens with zero attached hydrogens (tertiary/aromatic N) is 1. The standard InChI is InChI=1S/C16H25NO5S/c1-9(2)12-8-13(10(3)4)16(23-22-21-20-7)14(11(5)6)15(12)17(18)19/h8-11H,1-7H3. The first-order valence-corrected chi connectivity index (χ1v) is 8.35. The maximum Gasteiger partial charge on any atom is 0.277 e. The lowest BCUT2D eigenvalue weighted by molar-refractivity contribution is -0.447. The van der Waals surface area contributed by atoms with E-state index in [1.165, 1.54) is 7.11 Å². The Balaban J connectivity index is 3.68. The SMILES string of the molecule is COOOSc1c(C(C)C)cc(C(C)C)c([N+](=O)[O-])c1C(C)C. The molecule has 1 aromatic carbocycles. The molecule has 23 heavy (non-hydrogen) atoms. The highest BCUT2D eigenvalue weighted by Gasteiger charge is 2.30. The molecule has 6 nitrogen and oxygen atoms in total. The average Bonchev–Trinajstić information content (AvgIpc) is 2.45. The van der Waals surface area contributed by atoms with Crippen LogP contribution in [0.25, 0.3) is 0 Å². The Morgan fingerprint density at radius 3 is 2.00 bits per heavy atom.